The summed E-state index contributed by atoms with van der Waals surface area (Å²) in [5, 5.41) is 1.88. The Morgan fingerprint density at radius 1 is 0.889 bits per heavy atom. The average Bonchev–Trinajstić information content (AvgIpc) is 3.03. The molecule has 1 nitrogen and oxygen atoms in total. The monoisotopic (exact) mass is 372 g/mol. The zero-order chi connectivity index (χ0) is 19.0. The zero-order valence-electron chi connectivity index (χ0n) is 16.0. The standard InChI is InChI=1S/C25H23ClN/c1-25(2,3)22-10-7-18(8-11-22)17-27-14-13-21-15-20(9-12-24(21)27)19-5-4-6-23(26)16-19/h4-12,14-16H,17H2,1-3H3. The highest BCUT2D eigenvalue weighted by atomic mass is 35.5. The molecule has 1 aromatic heterocycles. The lowest BCUT2D eigenvalue weighted by molar-refractivity contribution is 0.590. The van der Waals surface area contributed by atoms with E-state index in [1.54, 1.807) is 0 Å². The molecule has 0 saturated heterocycles. The predicted octanol–water partition coefficient (Wildman–Crippen LogP) is 7.11. The first-order chi connectivity index (χ1) is 12.9. The number of nitrogens with zero attached hydrogens (tertiary/aromatic N) is 1. The Balaban J connectivity index is 1.62. The highest BCUT2D eigenvalue weighted by Gasteiger charge is 2.13. The van der Waals surface area contributed by atoms with Gasteiger partial charge in [0.2, 0.25) is 0 Å². The molecule has 0 aliphatic rings. The molecule has 0 fully saturated rings. The third kappa shape index (κ3) is 3.79. The highest BCUT2D eigenvalue weighted by Crippen LogP contribution is 2.27. The topological polar surface area (TPSA) is 4.93 Å². The van der Waals surface area contributed by atoms with Crippen molar-refractivity contribution < 1.29 is 0 Å². The minimum atomic E-state index is 0.184. The van der Waals surface area contributed by atoms with Crippen molar-refractivity contribution in [3.8, 4) is 11.1 Å². The SMILES string of the molecule is CC(C)(C)c1ccc(Cn2c[c]c3cc(-c4cccc(Cl)c4)ccc32)cc1. The predicted molar refractivity (Wildman–Crippen MR) is 115 cm³/mol. The molecule has 0 aliphatic heterocycles. The maximum atomic E-state index is 6.13. The number of hydrogen-bond acceptors (Lipinski definition) is 0. The number of aromatic nitrogens is 1. The first kappa shape index (κ1) is 17.9. The maximum Gasteiger partial charge on any atom is 0.0490 e. The van der Waals surface area contributed by atoms with Crippen LogP contribution in [-0.4, -0.2) is 4.57 Å². The molecule has 3 aromatic carbocycles. The van der Waals surface area contributed by atoms with Crippen LogP contribution in [0.4, 0.5) is 0 Å². The fourth-order valence-corrected chi connectivity index (χ4v) is 3.59. The molecule has 0 N–H and O–H groups in total. The molecule has 2 heteroatoms. The Labute approximate surface area is 166 Å². The minimum absolute atomic E-state index is 0.184. The van der Waals surface area contributed by atoms with Gasteiger partial charge >= 0.3 is 0 Å². The summed E-state index contributed by atoms with van der Waals surface area (Å²) < 4.78 is 2.25. The summed E-state index contributed by atoms with van der Waals surface area (Å²) >= 11 is 6.13. The Kier molecular flexibility index (Phi) is 4.57. The fraction of sp³-hybridized carbons (Fsp3) is 0.200. The fourth-order valence-electron chi connectivity index (χ4n) is 3.40. The lowest BCUT2D eigenvalue weighted by atomic mass is 9.87. The molecule has 0 aliphatic carbocycles. The Morgan fingerprint density at radius 3 is 2.33 bits per heavy atom. The van der Waals surface area contributed by atoms with Gasteiger partial charge in [-0.2, -0.15) is 0 Å². The van der Waals surface area contributed by atoms with E-state index in [4.69, 9.17) is 11.6 Å². The maximum absolute atomic E-state index is 6.13. The summed E-state index contributed by atoms with van der Waals surface area (Å²) in [5.74, 6) is 0. The van der Waals surface area contributed by atoms with Gasteiger partial charge in [0.15, 0.2) is 0 Å². The van der Waals surface area contributed by atoms with Gasteiger partial charge in [-0.1, -0.05) is 74.8 Å². The smallest absolute Gasteiger partial charge is 0.0490 e. The van der Waals surface area contributed by atoms with E-state index in [0.29, 0.717) is 0 Å². The van der Waals surface area contributed by atoms with Gasteiger partial charge in [0.05, 0.1) is 0 Å². The summed E-state index contributed by atoms with van der Waals surface area (Å²) in [7, 11) is 0. The third-order valence-electron chi connectivity index (χ3n) is 5.01. The molecule has 0 saturated carbocycles. The summed E-state index contributed by atoms with van der Waals surface area (Å²) in [6.45, 7) is 7.58. The van der Waals surface area contributed by atoms with Crippen LogP contribution < -0.4 is 0 Å². The van der Waals surface area contributed by atoms with Crippen LogP contribution in [0.3, 0.4) is 0 Å². The molecular formula is C25H23ClN. The van der Waals surface area contributed by atoms with Crippen LogP contribution in [0.2, 0.25) is 5.02 Å². The summed E-state index contributed by atoms with van der Waals surface area (Å²) in [6, 6.07) is 26.8. The lowest BCUT2D eigenvalue weighted by Gasteiger charge is -2.19. The molecule has 1 radical (unpaired) electrons. The van der Waals surface area contributed by atoms with Crippen molar-refractivity contribution in [2.75, 3.05) is 0 Å². The Bertz CT molecular complexity index is 1080. The summed E-state index contributed by atoms with van der Waals surface area (Å²) in [4.78, 5) is 0. The summed E-state index contributed by atoms with van der Waals surface area (Å²) in [6.07, 6.45) is 2.05. The molecular weight excluding hydrogens is 350 g/mol. The molecule has 1 heterocycles. The summed E-state index contributed by atoms with van der Waals surface area (Å²) in [5.41, 5.74) is 6.33. The molecule has 27 heavy (non-hydrogen) atoms. The second-order valence-electron chi connectivity index (χ2n) is 8.09. The van der Waals surface area contributed by atoms with Crippen LogP contribution in [-0.2, 0) is 12.0 Å². The molecule has 135 valence electrons. The lowest BCUT2D eigenvalue weighted by Crippen LogP contribution is -2.10. The van der Waals surface area contributed by atoms with E-state index in [9.17, 15) is 0 Å². The van der Waals surface area contributed by atoms with Gasteiger partial charge in [-0.3, -0.25) is 0 Å². The van der Waals surface area contributed by atoms with Gasteiger partial charge in [0, 0.05) is 34.7 Å². The highest BCUT2D eigenvalue weighted by molar-refractivity contribution is 6.30. The normalized spacial score (nSPS) is 11.9. The van der Waals surface area contributed by atoms with Gasteiger partial charge in [-0.15, -0.1) is 0 Å². The van der Waals surface area contributed by atoms with E-state index in [0.717, 1.165) is 28.1 Å². The first-order valence-electron chi connectivity index (χ1n) is 9.26. The molecule has 4 aromatic rings. The van der Waals surface area contributed by atoms with Crippen LogP contribution in [0.1, 0.15) is 31.9 Å². The van der Waals surface area contributed by atoms with Crippen molar-refractivity contribution in [3.63, 3.8) is 0 Å². The minimum Gasteiger partial charge on any atom is -0.342 e. The number of rotatable bonds is 3. The number of benzene rings is 3. The molecule has 0 bridgehead atoms. The van der Waals surface area contributed by atoms with Gasteiger partial charge in [0.1, 0.15) is 0 Å². The van der Waals surface area contributed by atoms with E-state index in [-0.39, 0.29) is 5.41 Å². The molecule has 0 amide bonds. The average molecular weight is 373 g/mol. The van der Waals surface area contributed by atoms with Crippen molar-refractivity contribution in [3.05, 3.63) is 95.1 Å². The first-order valence-corrected chi connectivity index (χ1v) is 9.64. The number of halogens is 1. The van der Waals surface area contributed by atoms with E-state index in [1.807, 2.05) is 24.4 Å². The second kappa shape index (κ2) is 6.90. The van der Waals surface area contributed by atoms with Crippen LogP contribution in [0.5, 0.6) is 0 Å². The molecule has 0 unspecified atom stereocenters. The van der Waals surface area contributed by atoms with E-state index in [2.05, 4.69) is 79.9 Å². The van der Waals surface area contributed by atoms with Crippen molar-refractivity contribution >= 4 is 22.5 Å². The van der Waals surface area contributed by atoms with Gasteiger partial charge < -0.3 is 4.57 Å². The van der Waals surface area contributed by atoms with E-state index < -0.39 is 0 Å². The van der Waals surface area contributed by atoms with Gasteiger partial charge in [0.25, 0.3) is 0 Å². The largest absolute Gasteiger partial charge is 0.342 e. The molecule has 4 rings (SSSR count). The molecule has 0 atom stereocenters. The van der Waals surface area contributed by atoms with Crippen LogP contribution >= 0.6 is 11.6 Å². The van der Waals surface area contributed by atoms with Gasteiger partial charge in [-0.25, -0.2) is 0 Å². The number of hydrogen-bond donors (Lipinski definition) is 0. The third-order valence-corrected chi connectivity index (χ3v) is 5.25. The van der Waals surface area contributed by atoms with E-state index in [1.165, 1.54) is 16.6 Å². The van der Waals surface area contributed by atoms with E-state index >= 15 is 0 Å². The van der Waals surface area contributed by atoms with Crippen LogP contribution in [0.15, 0.2) is 72.9 Å². The Morgan fingerprint density at radius 2 is 1.63 bits per heavy atom. The van der Waals surface area contributed by atoms with Crippen LogP contribution in [0, 0.1) is 6.07 Å². The Hall–Kier alpha value is -2.51. The number of fused-ring (bicyclic) bond motifs is 1. The van der Waals surface area contributed by atoms with Crippen molar-refractivity contribution in [2.24, 2.45) is 0 Å². The van der Waals surface area contributed by atoms with Crippen molar-refractivity contribution in [1.29, 1.82) is 0 Å². The van der Waals surface area contributed by atoms with Crippen molar-refractivity contribution in [2.45, 2.75) is 32.7 Å². The quantitative estimate of drug-likeness (QED) is 0.361. The van der Waals surface area contributed by atoms with Crippen molar-refractivity contribution in [1.82, 2.24) is 4.57 Å². The van der Waals surface area contributed by atoms with Gasteiger partial charge in [-0.05, 0) is 51.9 Å². The van der Waals surface area contributed by atoms with Crippen LogP contribution in [0.25, 0.3) is 22.0 Å². The second-order valence-corrected chi connectivity index (χ2v) is 8.53. The molecule has 0 spiro atoms. The zero-order valence-corrected chi connectivity index (χ0v) is 16.7.